The molecule has 3 heterocycles. The van der Waals surface area contributed by atoms with Gasteiger partial charge in [-0.05, 0) is 19.8 Å². The molecule has 3 rings (SSSR count). The maximum atomic E-state index is 5.44. The molecule has 1 N–H and O–H groups in total. The lowest BCUT2D eigenvalue weighted by Gasteiger charge is -2.36. The fourth-order valence-corrected chi connectivity index (χ4v) is 3.79. The summed E-state index contributed by atoms with van der Waals surface area (Å²) in [5, 5.41) is 7.59. The van der Waals surface area contributed by atoms with Gasteiger partial charge in [0.05, 0.1) is 18.9 Å². The summed E-state index contributed by atoms with van der Waals surface area (Å²) in [6, 6.07) is 2.02. The number of hydrogen-bond acceptors (Lipinski definition) is 6. The first-order chi connectivity index (χ1) is 13.6. The SMILES string of the molecule is CCNC(=NCC(C)CN1CCOCC1)N1CCN(Cc2cc(C)on2)CC1. The zero-order valence-electron chi connectivity index (χ0n) is 17.7. The minimum Gasteiger partial charge on any atom is -0.379 e. The predicted molar refractivity (Wildman–Crippen MR) is 110 cm³/mol. The van der Waals surface area contributed by atoms with Gasteiger partial charge >= 0.3 is 0 Å². The highest BCUT2D eigenvalue weighted by atomic mass is 16.5. The number of rotatable bonds is 7. The number of nitrogens with zero attached hydrogens (tertiary/aromatic N) is 5. The summed E-state index contributed by atoms with van der Waals surface area (Å²) >= 11 is 0. The van der Waals surface area contributed by atoms with Gasteiger partial charge in [-0.25, -0.2) is 0 Å². The molecule has 1 unspecified atom stereocenters. The normalized spacial score (nSPS) is 21.1. The minimum atomic E-state index is 0.545. The molecular weight excluding hydrogens is 356 g/mol. The van der Waals surface area contributed by atoms with Gasteiger partial charge in [0.25, 0.3) is 0 Å². The molecule has 158 valence electrons. The molecule has 0 bridgehead atoms. The molecule has 0 amide bonds. The highest BCUT2D eigenvalue weighted by Crippen LogP contribution is 2.10. The van der Waals surface area contributed by atoms with Gasteiger partial charge in [-0.2, -0.15) is 0 Å². The number of aryl methyl sites for hydroxylation is 1. The fourth-order valence-electron chi connectivity index (χ4n) is 3.79. The standard InChI is InChI=1S/C20H36N6O2/c1-4-21-20(22-14-17(2)15-25-9-11-27-12-10-25)26-7-5-24(6-8-26)16-19-13-18(3)28-23-19/h13,17H,4-12,14-16H2,1-3H3,(H,21,22). The molecule has 0 aliphatic carbocycles. The zero-order valence-corrected chi connectivity index (χ0v) is 17.7. The fraction of sp³-hybridized carbons (Fsp3) is 0.800. The lowest BCUT2D eigenvalue weighted by atomic mass is 10.1. The summed E-state index contributed by atoms with van der Waals surface area (Å²) in [6.45, 7) is 17.9. The third kappa shape index (κ3) is 6.46. The van der Waals surface area contributed by atoms with Crippen LogP contribution in [0.4, 0.5) is 0 Å². The average Bonchev–Trinajstić information content (AvgIpc) is 3.11. The Morgan fingerprint density at radius 2 is 1.93 bits per heavy atom. The van der Waals surface area contributed by atoms with Crippen molar-refractivity contribution >= 4 is 5.96 Å². The summed E-state index contributed by atoms with van der Waals surface area (Å²) in [5.41, 5.74) is 1.02. The van der Waals surface area contributed by atoms with Gasteiger partial charge in [-0.15, -0.1) is 0 Å². The summed E-state index contributed by atoms with van der Waals surface area (Å²) in [6.07, 6.45) is 0. The molecule has 0 saturated carbocycles. The van der Waals surface area contributed by atoms with Crippen LogP contribution >= 0.6 is 0 Å². The second kappa shape index (κ2) is 10.8. The zero-order chi connectivity index (χ0) is 19.8. The van der Waals surface area contributed by atoms with Gasteiger partial charge in [-0.3, -0.25) is 14.8 Å². The van der Waals surface area contributed by atoms with Crippen LogP contribution in [0.25, 0.3) is 0 Å². The van der Waals surface area contributed by atoms with Crippen molar-refractivity contribution in [3.63, 3.8) is 0 Å². The Balaban J connectivity index is 1.45. The molecule has 1 aromatic rings. The van der Waals surface area contributed by atoms with Gasteiger partial charge < -0.3 is 19.5 Å². The van der Waals surface area contributed by atoms with Crippen molar-refractivity contribution in [3.8, 4) is 0 Å². The van der Waals surface area contributed by atoms with E-state index in [1.165, 1.54) is 0 Å². The monoisotopic (exact) mass is 392 g/mol. The Morgan fingerprint density at radius 3 is 2.57 bits per heavy atom. The molecule has 1 atom stereocenters. The lowest BCUT2D eigenvalue weighted by molar-refractivity contribution is 0.0323. The van der Waals surface area contributed by atoms with Gasteiger partial charge in [0.2, 0.25) is 0 Å². The van der Waals surface area contributed by atoms with E-state index in [2.05, 4.69) is 39.0 Å². The van der Waals surface area contributed by atoms with Crippen molar-refractivity contribution in [2.45, 2.75) is 27.3 Å². The second-order valence-corrected chi connectivity index (χ2v) is 7.90. The number of aliphatic imine (C=N–C) groups is 1. The van der Waals surface area contributed by atoms with Crippen LogP contribution < -0.4 is 5.32 Å². The third-order valence-electron chi connectivity index (χ3n) is 5.30. The minimum absolute atomic E-state index is 0.545. The quantitative estimate of drug-likeness (QED) is 0.549. The van der Waals surface area contributed by atoms with Crippen LogP contribution in [0.5, 0.6) is 0 Å². The van der Waals surface area contributed by atoms with E-state index < -0.39 is 0 Å². The van der Waals surface area contributed by atoms with E-state index in [1.807, 2.05) is 13.0 Å². The number of nitrogens with one attached hydrogen (secondary N) is 1. The molecule has 2 saturated heterocycles. The molecule has 0 aromatic carbocycles. The topological polar surface area (TPSA) is 69.4 Å². The van der Waals surface area contributed by atoms with E-state index >= 15 is 0 Å². The number of aromatic nitrogens is 1. The summed E-state index contributed by atoms with van der Waals surface area (Å²) in [7, 11) is 0. The highest BCUT2D eigenvalue weighted by Gasteiger charge is 2.21. The number of ether oxygens (including phenoxy) is 1. The number of hydrogen-bond donors (Lipinski definition) is 1. The first-order valence-electron chi connectivity index (χ1n) is 10.6. The van der Waals surface area contributed by atoms with E-state index in [9.17, 15) is 0 Å². The molecule has 2 aliphatic heterocycles. The summed E-state index contributed by atoms with van der Waals surface area (Å²) < 4.78 is 10.6. The number of guanidine groups is 1. The van der Waals surface area contributed by atoms with Crippen LogP contribution in [0.15, 0.2) is 15.6 Å². The van der Waals surface area contributed by atoms with Crippen molar-refractivity contribution in [2.75, 3.05) is 72.1 Å². The molecule has 1 aromatic heterocycles. The molecule has 28 heavy (non-hydrogen) atoms. The lowest BCUT2D eigenvalue weighted by Crippen LogP contribution is -2.52. The van der Waals surface area contributed by atoms with Crippen molar-refractivity contribution in [2.24, 2.45) is 10.9 Å². The molecule has 8 nitrogen and oxygen atoms in total. The smallest absolute Gasteiger partial charge is 0.194 e. The third-order valence-corrected chi connectivity index (χ3v) is 5.30. The van der Waals surface area contributed by atoms with Crippen LogP contribution in [0.3, 0.4) is 0 Å². The van der Waals surface area contributed by atoms with E-state index in [0.717, 1.165) is 96.1 Å². The van der Waals surface area contributed by atoms with Crippen LogP contribution in [0.2, 0.25) is 0 Å². The second-order valence-electron chi connectivity index (χ2n) is 7.90. The van der Waals surface area contributed by atoms with E-state index in [0.29, 0.717) is 5.92 Å². The number of morpholine rings is 1. The number of piperazine rings is 1. The first-order valence-corrected chi connectivity index (χ1v) is 10.6. The van der Waals surface area contributed by atoms with Crippen molar-refractivity contribution in [3.05, 3.63) is 17.5 Å². The van der Waals surface area contributed by atoms with Gasteiger partial charge in [0.1, 0.15) is 5.76 Å². The highest BCUT2D eigenvalue weighted by molar-refractivity contribution is 5.80. The summed E-state index contributed by atoms with van der Waals surface area (Å²) in [4.78, 5) is 12.2. The summed E-state index contributed by atoms with van der Waals surface area (Å²) in [5.74, 6) is 2.47. The largest absolute Gasteiger partial charge is 0.379 e. The predicted octanol–water partition coefficient (Wildman–Crippen LogP) is 1.03. The Hall–Kier alpha value is -1.64. The van der Waals surface area contributed by atoms with Gasteiger partial charge in [0, 0.05) is 71.5 Å². The molecule has 0 radical (unpaired) electrons. The van der Waals surface area contributed by atoms with Crippen LogP contribution in [0.1, 0.15) is 25.3 Å². The van der Waals surface area contributed by atoms with Crippen molar-refractivity contribution in [1.29, 1.82) is 0 Å². The van der Waals surface area contributed by atoms with Crippen LogP contribution in [-0.4, -0.2) is 97.9 Å². The van der Waals surface area contributed by atoms with Crippen LogP contribution in [0, 0.1) is 12.8 Å². The molecular formula is C20H36N6O2. The first kappa shape index (κ1) is 21.1. The van der Waals surface area contributed by atoms with Crippen molar-refractivity contribution in [1.82, 2.24) is 25.2 Å². The Bertz CT molecular complexity index is 606. The van der Waals surface area contributed by atoms with E-state index in [-0.39, 0.29) is 0 Å². The van der Waals surface area contributed by atoms with E-state index in [1.54, 1.807) is 0 Å². The Labute approximate surface area is 168 Å². The molecule has 8 heteroatoms. The maximum Gasteiger partial charge on any atom is 0.194 e. The van der Waals surface area contributed by atoms with Gasteiger partial charge in [0.15, 0.2) is 5.96 Å². The molecule has 2 fully saturated rings. The maximum absolute atomic E-state index is 5.44. The van der Waals surface area contributed by atoms with Crippen molar-refractivity contribution < 1.29 is 9.26 Å². The average molecular weight is 393 g/mol. The molecule has 0 spiro atoms. The van der Waals surface area contributed by atoms with Gasteiger partial charge in [-0.1, -0.05) is 12.1 Å². The Morgan fingerprint density at radius 1 is 1.18 bits per heavy atom. The Kier molecular flexibility index (Phi) is 8.12. The van der Waals surface area contributed by atoms with Crippen LogP contribution in [-0.2, 0) is 11.3 Å². The molecule has 2 aliphatic rings. The van der Waals surface area contributed by atoms with E-state index in [4.69, 9.17) is 14.3 Å².